The van der Waals surface area contributed by atoms with Crippen LogP contribution in [0.25, 0.3) is 0 Å². The molecule has 1 unspecified atom stereocenters. The van der Waals surface area contributed by atoms with Gasteiger partial charge in [-0.2, -0.15) is 0 Å². The van der Waals surface area contributed by atoms with Gasteiger partial charge >= 0.3 is 0 Å². The number of carbonyl (C=O) groups excluding carboxylic acids is 1. The van der Waals surface area contributed by atoms with E-state index < -0.39 is 0 Å². The third-order valence-electron chi connectivity index (χ3n) is 4.26. The molecule has 1 atom stereocenters. The molecule has 0 spiro atoms. The highest BCUT2D eigenvalue weighted by Gasteiger charge is 2.23. The first-order valence-corrected chi connectivity index (χ1v) is 8.00. The summed E-state index contributed by atoms with van der Waals surface area (Å²) in [6.45, 7) is 8.30. The summed E-state index contributed by atoms with van der Waals surface area (Å²) in [6.07, 6.45) is 2.17. The summed E-state index contributed by atoms with van der Waals surface area (Å²) in [5.74, 6) is 0.119. The van der Waals surface area contributed by atoms with Gasteiger partial charge in [0.15, 0.2) is 0 Å². The number of halogens is 2. The lowest BCUT2D eigenvalue weighted by molar-refractivity contribution is 0.0744. The fourth-order valence-electron chi connectivity index (χ4n) is 2.89. The Balaban J connectivity index is 0.00000242. The molecule has 1 aliphatic rings. The minimum Gasteiger partial charge on any atom is -0.372 e. The summed E-state index contributed by atoms with van der Waals surface area (Å²) in [7, 11) is 1.91. The molecule has 4 nitrogen and oxygen atoms in total. The molecule has 0 radical (unpaired) electrons. The summed E-state index contributed by atoms with van der Waals surface area (Å²) in [5.41, 5.74) is 1.97. The van der Waals surface area contributed by atoms with Crippen molar-refractivity contribution in [2.75, 3.05) is 38.1 Å². The molecule has 1 aliphatic heterocycles. The van der Waals surface area contributed by atoms with Gasteiger partial charge in [-0.3, -0.25) is 4.79 Å². The second-order valence-electron chi connectivity index (χ2n) is 5.69. The average Bonchev–Trinajstić information content (AvgIpc) is 3.06. The van der Waals surface area contributed by atoms with E-state index in [0.717, 1.165) is 44.6 Å². The van der Waals surface area contributed by atoms with Crippen molar-refractivity contribution in [1.82, 2.24) is 10.2 Å². The Morgan fingerprint density at radius 2 is 1.87 bits per heavy atom. The van der Waals surface area contributed by atoms with E-state index in [-0.39, 0.29) is 30.7 Å². The van der Waals surface area contributed by atoms with Crippen LogP contribution in [0.5, 0.6) is 0 Å². The number of hydrogen-bond acceptors (Lipinski definition) is 3. The van der Waals surface area contributed by atoms with Crippen LogP contribution in [-0.2, 0) is 0 Å². The predicted octanol–water partition coefficient (Wildman–Crippen LogP) is 3.20. The number of amides is 1. The highest BCUT2D eigenvalue weighted by atomic mass is 35.5. The molecule has 2 rings (SSSR count). The molecule has 1 fully saturated rings. The van der Waals surface area contributed by atoms with Crippen molar-refractivity contribution in [3.8, 4) is 0 Å². The van der Waals surface area contributed by atoms with E-state index in [1.165, 1.54) is 5.69 Å². The van der Waals surface area contributed by atoms with E-state index in [9.17, 15) is 4.79 Å². The SMILES string of the molecule is CCCN(CC)c1ccc(C(=O)N(C)C2CCNC2)cc1.Cl.Cl. The van der Waals surface area contributed by atoms with Crippen LogP contribution in [0, 0.1) is 0 Å². The average molecular weight is 362 g/mol. The van der Waals surface area contributed by atoms with Crippen molar-refractivity contribution < 1.29 is 4.79 Å². The number of anilines is 1. The first-order chi connectivity index (χ1) is 10.2. The Kier molecular flexibility index (Phi) is 10.3. The summed E-state index contributed by atoms with van der Waals surface area (Å²) in [4.78, 5) is 16.7. The van der Waals surface area contributed by atoms with E-state index in [1.54, 1.807) is 0 Å². The first kappa shape index (κ1) is 22.0. The Bertz CT molecular complexity index is 461. The van der Waals surface area contributed by atoms with Crippen molar-refractivity contribution in [1.29, 1.82) is 0 Å². The van der Waals surface area contributed by atoms with Crippen LogP contribution in [0.3, 0.4) is 0 Å². The summed E-state index contributed by atoms with van der Waals surface area (Å²) < 4.78 is 0. The number of hydrogen-bond donors (Lipinski definition) is 1. The highest BCUT2D eigenvalue weighted by molar-refractivity contribution is 5.94. The second kappa shape index (κ2) is 10.7. The number of benzene rings is 1. The van der Waals surface area contributed by atoms with Gasteiger partial charge in [0.05, 0.1) is 0 Å². The molecule has 6 heteroatoms. The quantitative estimate of drug-likeness (QED) is 0.844. The van der Waals surface area contributed by atoms with E-state index in [4.69, 9.17) is 0 Å². The molecule has 0 aliphatic carbocycles. The monoisotopic (exact) mass is 361 g/mol. The van der Waals surface area contributed by atoms with Crippen LogP contribution in [0.2, 0.25) is 0 Å². The van der Waals surface area contributed by atoms with Gasteiger partial charge in [-0.1, -0.05) is 6.92 Å². The molecule has 132 valence electrons. The third kappa shape index (κ3) is 5.55. The van der Waals surface area contributed by atoms with Gasteiger partial charge in [0.25, 0.3) is 5.91 Å². The van der Waals surface area contributed by atoms with Gasteiger partial charge in [-0.05, 0) is 50.6 Å². The summed E-state index contributed by atoms with van der Waals surface area (Å²) in [5, 5.41) is 3.30. The zero-order valence-electron chi connectivity index (χ0n) is 14.2. The number of rotatable bonds is 6. The van der Waals surface area contributed by atoms with E-state index in [1.807, 2.05) is 24.1 Å². The topological polar surface area (TPSA) is 35.6 Å². The van der Waals surface area contributed by atoms with Crippen LogP contribution < -0.4 is 10.2 Å². The number of likely N-dealkylation sites (N-methyl/N-ethyl adjacent to an activating group) is 1. The highest BCUT2D eigenvalue weighted by Crippen LogP contribution is 2.17. The van der Waals surface area contributed by atoms with Crippen molar-refractivity contribution in [2.45, 2.75) is 32.7 Å². The van der Waals surface area contributed by atoms with E-state index in [0.29, 0.717) is 6.04 Å². The maximum Gasteiger partial charge on any atom is 0.253 e. The Hall–Kier alpha value is -0.970. The van der Waals surface area contributed by atoms with Crippen molar-refractivity contribution in [3.05, 3.63) is 29.8 Å². The molecular formula is C17H29Cl2N3O. The molecule has 0 aromatic heterocycles. The first-order valence-electron chi connectivity index (χ1n) is 8.00. The van der Waals surface area contributed by atoms with Crippen molar-refractivity contribution in [3.63, 3.8) is 0 Å². The van der Waals surface area contributed by atoms with E-state index >= 15 is 0 Å². The molecule has 0 saturated carbocycles. The van der Waals surface area contributed by atoms with Crippen molar-refractivity contribution in [2.24, 2.45) is 0 Å². The Morgan fingerprint density at radius 3 is 2.35 bits per heavy atom. The molecule has 0 bridgehead atoms. The molecule has 1 aromatic rings. The van der Waals surface area contributed by atoms with Gasteiger partial charge in [0.1, 0.15) is 0 Å². The van der Waals surface area contributed by atoms with Gasteiger partial charge in [-0.15, -0.1) is 24.8 Å². The zero-order chi connectivity index (χ0) is 15.2. The molecule has 1 N–H and O–H groups in total. The fourth-order valence-corrected chi connectivity index (χ4v) is 2.89. The van der Waals surface area contributed by atoms with Gasteiger partial charge < -0.3 is 15.1 Å². The normalized spacial score (nSPS) is 16.2. The maximum atomic E-state index is 12.5. The second-order valence-corrected chi connectivity index (χ2v) is 5.69. The molecule has 23 heavy (non-hydrogen) atoms. The largest absolute Gasteiger partial charge is 0.372 e. The summed E-state index contributed by atoms with van der Waals surface area (Å²) >= 11 is 0. The minimum atomic E-state index is 0. The zero-order valence-corrected chi connectivity index (χ0v) is 15.9. The lowest BCUT2D eigenvalue weighted by Gasteiger charge is -2.25. The van der Waals surface area contributed by atoms with Gasteiger partial charge in [0.2, 0.25) is 0 Å². The molecule has 1 heterocycles. The minimum absolute atomic E-state index is 0. The predicted molar refractivity (Wildman–Crippen MR) is 102 cm³/mol. The number of nitrogens with zero attached hydrogens (tertiary/aromatic N) is 2. The lowest BCUT2D eigenvalue weighted by Crippen LogP contribution is -2.38. The smallest absolute Gasteiger partial charge is 0.253 e. The van der Waals surface area contributed by atoms with Crippen LogP contribution in [0.1, 0.15) is 37.0 Å². The molecule has 1 amide bonds. The van der Waals surface area contributed by atoms with Gasteiger partial charge in [-0.25, -0.2) is 0 Å². The standard InChI is InChI=1S/C17H27N3O.2ClH/c1-4-12-20(5-2)15-8-6-14(7-9-15)17(21)19(3)16-10-11-18-13-16;;/h6-9,16,18H,4-5,10-13H2,1-3H3;2*1H. The molecule has 1 saturated heterocycles. The maximum absolute atomic E-state index is 12.5. The van der Waals surface area contributed by atoms with Crippen LogP contribution in [0.15, 0.2) is 24.3 Å². The lowest BCUT2D eigenvalue weighted by atomic mass is 10.1. The van der Waals surface area contributed by atoms with Crippen LogP contribution in [0.4, 0.5) is 5.69 Å². The molecule has 1 aromatic carbocycles. The third-order valence-corrected chi connectivity index (χ3v) is 4.26. The Labute approximate surface area is 152 Å². The van der Waals surface area contributed by atoms with Crippen LogP contribution in [-0.4, -0.2) is 50.1 Å². The van der Waals surface area contributed by atoms with Crippen molar-refractivity contribution >= 4 is 36.4 Å². The van der Waals surface area contributed by atoms with Crippen LogP contribution >= 0.6 is 24.8 Å². The fraction of sp³-hybridized carbons (Fsp3) is 0.588. The molecular weight excluding hydrogens is 333 g/mol. The Morgan fingerprint density at radius 1 is 1.22 bits per heavy atom. The van der Waals surface area contributed by atoms with Gasteiger partial charge in [0, 0.05) is 44.0 Å². The summed E-state index contributed by atoms with van der Waals surface area (Å²) in [6, 6.07) is 8.36. The van der Waals surface area contributed by atoms with E-state index in [2.05, 4.69) is 36.2 Å². The number of nitrogens with one attached hydrogen (secondary N) is 1. The number of carbonyl (C=O) groups is 1.